The number of nitrogens with two attached hydrogens (primary N) is 3. The molecule has 0 aliphatic rings. The first kappa shape index (κ1) is 35.7. The van der Waals surface area contributed by atoms with Gasteiger partial charge in [-0.3, -0.25) is 19.4 Å². The second-order valence-electron chi connectivity index (χ2n) is 10.8. The number of carbonyl (C=O) groups excluding carboxylic acids is 3. The van der Waals surface area contributed by atoms with Gasteiger partial charge in [0.15, 0.2) is 5.96 Å². The molecule has 1 heterocycles. The molecule has 0 aliphatic carbocycles. The van der Waals surface area contributed by atoms with Gasteiger partial charge in [0.25, 0.3) is 0 Å². The molecule has 14 nitrogen and oxygen atoms in total. The van der Waals surface area contributed by atoms with E-state index in [0.29, 0.717) is 23.3 Å². The van der Waals surface area contributed by atoms with E-state index in [-0.39, 0.29) is 43.9 Å². The Bertz CT molecular complexity index is 1510. The van der Waals surface area contributed by atoms with Gasteiger partial charge in [0.05, 0.1) is 6.04 Å². The van der Waals surface area contributed by atoms with E-state index in [1.807, 2.05) is 30.5 Å². The number of carbonyl (C=O) groups is 4. The molecule has 4 atom stereocenters. The number of carboxylic acid groups (broad SMARTS) is 1. The van der Waals surface area contributed by atoms with Gasteiger partial charge in [0.1, 0.15) is 23.9 Å². The van der Waals surface area contributed by atoms with E-state index in [2.05, 4.69) is 25.9 Å². The number of aromatic hydroxyl groups is 1. The Hall–Kier alpha value is -4.76. The van der Waals surface area contributed by atoms with Crippen LogP contribution in [0.1, 0.15) is 30.4 Å². The summed E-state index contributed by atoms with van der Waals surface area (Å²) in [6.45, 7) is 0.164. The highest BCUT2D eigenvalue weighted by Gasteiger charge is 2.31. The van der Waals surface area contributed by atoms with Crippen LogP contribution in [0.4, 0.5) is 0 Å². The fourth-order valence-corrected chi connectivity index (χ4v) is 5.26. The molecule has 0 aliphatic heterocycles. The number of nitrogens with zero attached hydrogens (tertiary/aromatic N) is 1. The molecule has 0 bridgehead atoms. The van der Waals surface area contributed by atoms with Crippen LogP contribution in [-0.4, -0.2) is 87.6 Å². The summed E-state index contributed by atoms with van der Waals surface area (Å²) in [7, 11) is 0. The number of phenolic OH excluding ortho intramolecular Hbond substituents is 1. The van der Waals surface area contributed by atoms with Crippen molar-refractivity contribution in [3.05, 3.63) is 65.9 Å². The molecule has 46 heavy (non-hydrogen) atoms. The number of H-pyrrole nitrogens is 1. The van der Waals surface area contributed by atoms with Gasteiger partial charge in [-0.1, -0.05) is 30.3 Å². The van der Waals surface area contributed by atoms with Gasteiger partial charge in [-0.05, 0) is 60.6 Å². The molecular formula is C31H42N8O6S. The molecule has 3 rings (SSSR count). The summed E-state index contributed by atoms with van der Waals surface area (Å²) in [6.07, 6.45) is 4.36. The Morgan fingerprint density at radius 1 is 0.891 bits per heavy atom. The van der Waals surface area contributed by atoms with Crippen LogP contribution in [0.3, 0.4) is 0 Å². The lowest BCUT2D eigenvalue weighted by atomic mass is 10.0. The zero-order chi connectivity index (χ0) is 33.6. The number of aromatic amines is 1. The lowest BCUT2D eigenvalue weighted by Crippen LogP contribution is -2.57. The van der Waals surface area contributed by atoms with E-state index in [0.717, 1.165) is 10.9 Å². The second kappa shape index (κ2) is 17.7. The maximum Gasteiger partial charge on any atom is 0.326 e. The molecule has 248 valence electrons. The minimum atomic E-state index is -1.30. The molecule has 0 fully saturated rings. The van der Waals surface area contributed by atoms with E-state index < -0.39 is 47.9 Å². The summed E-state index contributed by atoms with van der Waals surface area (Å²) >= 11 is 1.53. The number of amides is 3. The molecule has 4 unspecified atom stereocenters. The van der Waals surface area contributed by atoms with Crippen molar-refractivity contribution in [2.75, 3.05) is 18.6 Å². The Morgan fingerprint density at radius 2 is 1.54 bits per heavy atom. The quantitative estimate of drug-likeness (QED) is 0.0516. The van der Waals surface area contributed by atoms with Gasteiger partial charge >= 0.3 is 5.97 Å². The number of benzene rings is 2. The third kappa shape index (κ3) is 11.0. The van der Waals surface area contributed by atoms with E-state index in [4.69, 9.17) is 17.2 Å². The number of thioether (sulfide) groups is 1. The largest absolute Gasteiger partial charge is 0.508 e. The fraction of sp³-hybridized carbons (Fsp3) is 0.387. The number of nitrogens with one attached hydrogen (secondary N) is 4. The maximum atomic E-state index is 13.7. The van der Waals surface area contributed by atoms with Crippen molar-refractivity contribution in [3.63, 3.8) is 0 Å². The molecule has 12 N–H and O–H groups in total. The number of phenols is 1. The second-order valence-corrected chi connectivity index (χ2v) is 11.8. The van der Waals surface area contributed by atoms with Gasteiger partial charge < -0.3 is 48.3 Å². The van der Waals surface area contributed by atoms with Gasteiger partial charge in [0.2, 0.25) is 17.7 Å². The molecule has 3 amide bonds. The fourth-order valence-electron chi connectivity index (χ4n) is 4.77. The smallest absolute Gasteiger partial charge is 0.326 e. The van der Waals surface area contributed by atoms with Crippen LogP contribution in [0.25, 0.3) is 10.9 Å². The molecular weight excluding hydrogens is 612 g/mol. The SMILES string of the molecule is CSCCC(N)C(=O)NC(Cc1ccc(O)cc1)C(=O)NC(CCCN=C(N)N)C(=O)NC(Cc1c[nH]c2ccccc12)C(=O)O. The highest BCUT2D eigenvalue weighted by Crippen LogP contribution is 2.19. The number of para-hydroxylation sites is 1. The van der Waals surface area contributed by atoms with Gasteiger partial charge in [0, 0.05) is 36.5 Å². The van der Waals surface area contributed by atoms with Crippen molar-refractivity contribution in [1.82, 2.24) is 20.9 Å². The van der Waals surface area contributed by atoms with Crippen LogP contribution in [0.2, 0.25) is 0 Å². The van der Waals surface area contributed by atoms with Gasteiger partial charge in [-0.2, -0.15) is 11.8 Å². The molecule has 1 aromatic heterocycles. The summed E-state index contributed by atoms with van der Waals surface area (Å²) in [5, 5.41) is 28.4. The summed E-state index contributed by atoms with van der Waals surface area (Å²) in [5.41, 5.74) is 19.0. The summed E-state index contributed by atoms with van der Waals surface area (Å²) in [5.74, 6) is -2.65. The first-order valence-corrected chi connectivity index (χ1v) is 16.1. The van der Waals surface area contributed by atoms with Crippen molar-refractivity contribution < 1.29 is 29.4 Å². The molecule has 3 aromatic rings. The molecule has 0 spiro atoms. The number of hydrogen-bond acceptors (Lipinski definition) is 8. The molecule has 0 saturated carbocycles. The number of hydrogen-bond donors (Lipinski definition) is 9. The standard InChI is InChI=1S/C31H42N8O6S/c1-46-14-12-22(32)27(41)38-25(15-18-8-10-20(40)11-9-18)29(43)37-24(7-4-13-35-31(33)34)28(42)39-26(30(44)45)16-19-17-36-23-6-3-2-5-21(19)23/h2-3,5-6,8-11,17,22,24-26,36,40H,4,7,12-16,32H2,1H3,(H,37,43)(H,38,41)(H,39,42)(H,44,45)(H4,33,34,35). The van der Waals surface area contributed by atoms with Crippen molar-refractivity contribution >= 4 is 52.3 Å². The Balaban J connectivity index is 1.81. The molecule has 2 aromatic carbocycles. The lowest BCUT2D eigenvalue weighted by Gasteiger charge is -2.25. The number of aliphatic carboxylic acids is 1. The van der Waals surface area contributed by atoms with Crippen LogP contribution >= 0.6 is 11.8 Å². The van der Waals surface area contributed by atoms with E-state index >= 15 is 0 Å². The average Bonchev–Trinajstić information content (AvgIpc) is 3.43. The summed E-state index contributed by atoms with van der Waals surface area (Å²) in [4.78, 5) is 59.4. The highest BCUT2D eigenvalue weighted by molar-refractivity contribution is 7.98. The Labute approximate surface area is 271 Å². The topological polar surface area (TPSA) is 251 Å². The zero-order valence-corrected chi connectivity index (χ0v) is 26.4. The monoisotopic (exact) mass is 654 g/mol. The first-order chi connectivity index (χ1) is 22.0. The van der Waals surface area contributed by atoms with Crippen molar-refractivity contribution in [3.8, 4) is 5.75 Å². The third-order valence-electron chi connectivity index (χ3n) is 7.27. The number of fused-ring (bicyclic) bond motifs is 1. The highest BCUT2D eigenvalue weighted by atomic mass is 32.2. The number of aliphatic imine (C=N–C) groups is 1. The van der Waals surface area contributed by atoms with Crippen LogP contribution < -0.4 is 33.2 Å². The van der Waals surface area contributed by atoms with Crippen molar-refractivity contribution in [2.45, 2.75) is 56.3 Å². The van der Waals surface area contributed by atoms with Gasteiger partial charge in [-0.25, -0.2) is 4.79 Å². The Morgan fingerprint density at radius 3 is 2.22 bits per heavy atom. The van der Waals surface area contributed by atoms with Crippen LogP contribution in [0.15, 0.2) is 59.7 Å². The van der Waals surface area contributed by atoms with Crippen molar-refractivity contribution in [1.29, 1.82) is 0 Å². The van der Waals surface area contributed by atoms with Crippen molar-refractivity contribution in [2.24, 2.45) is 22.2 Å². The predicted molar refractivity (Wildman–Crippen MR) is 178 cm³/mol. The number of rotatable bonds is 18. The summed E-state index contributed by atoms with van der Waals surface area (Å²) in [6, 6.07) is 9.04. The van der Waals surface area contributed by atoms with Crippen LogP contribution in [-0.2, 0) is 32.0 Å². The zero-order valence-electron chi connectivity index (χ0n) is 25.6. The normalized spacial score (nSPS) is 13.6. The first-order valence-electron chi connectivity index (χ1n) is 14.7. The molecule has 0 saturated heterocycles. The lowest BCUT2D eigenvalue weighted by molar-refractivity contribution is -0.142. The maximum absolute atomic E-state index is 13.7. The van der Waals surface area contributed by atoms with E-state index in [1.54, 1.807) is 18.3 Å². The third-order valence-corrected chi connectivity index (χ3v) is 7.91. The predicted octanol–water partition coefficient (Wildman–Crippen LogP) is 0.332. The van der Waals surface area contributed by atoms with Crippen LogP contribution in [0.5, 0.6) is 5.75 Å². The van der Waals surface area contributed by atoms with E-state index in [9.17, 15) is 29.4 Å². The average molecular weight is 655 g/mol. The van der Waals surface area contributed by atoms with E-state index in [1.165, 1.54) is 23.9 Å². The minimum absolute atomic E-state index is 0.00672. The van der Waals surface area contributed by atoms with Gasteiger partial charge in [-0.15, -0.1) is 0 Å². The van der Waals surface area contributed by atoms with Crippen LogP contribution in [0, 0.1) is 0 Å². The number of aromatic nitrogens is 1. The number of carboxylic acids is 1. The molecule has 0 radical (unpaired) electrons. The molecule has 15 heteroatoms. The minimum Gasteiger partial charge on any atom is -0.508 e. The summed E-state index contributed by atoms with van der Waals surface area (Å²) < 4.78 is 0. The number of guanidine groups is 1. The Kier molecular flexibility index (Phi) is 13.7.